The summed E-state index contributed by atoms with van der Waals surface area (Å²) < 4.78 is 0. The van der Waals surface area contributed by atoms with Crippen molar-refractivity contribution in [2.45, 2.75) is 39.0 Å². The largest absolute Gasteiger partial charge is 0.677 e. The summed E-state index contributed by atoms with van der Waals surface area (Å²) in [5.41, 5.74) is 6.84. The van der Waals surface area contributed by atoms with Crippen LogP contribution in [0.3, 0.4) is 0 Å². The van der Waals surface area contributed by atoms with Crippen molar-refractivity contribution in [2.75, 3.05) is 6.54 Å². The van der Waals surface area contributed by atoms with E-state index in [1.54, 1.807) is 0 Å². The summed E-state index contributed by atoms with van der Waals surface area (Å²) in [5.74, 6) is 0. The predicted octanol–water partition coefficient (Wildman–Crippen LogP) is 3.01. The molecular formula is C7H16MoN-. The molecule has 0 saturated heterocycles. The average molecular weight is 210 g/mol. The van der Waals surface area contributed by atoms with Crippen LogP contribution in [0.25, 0.3) is 5.73 Å². The van der Waals surface area contributed by atoms with Crippen molar-refractivity contribution in [3.05, 3.63) is 5.73 Å². The van der Waals surface area contributed by atoms with Gasteiger partial charge in [0.1, 0.15) is 0 Å². The van der Waals surface area contributed by atoms with E-state index >= 15 is 0 Å². The summed E-state index contributed by atoms with van der Waals surface area (Å²) in [4.78, 5) is 0. The van der Waals surface area contributed by atoms with Crippen molar-refractivity contribution in [2.24, 2.45) is 0 Å². The molecule has 0 unspecified atom stereocenters. The molecular weight excluding hydrogens is 194 g/mol. The molecule has 0 heterocycles. The standard InChI is InChI=1S/C7H16N.Mo/c1-2-3-4-5-6-7-8;/h8H,2-7H2,1H3;/q-1;. The van der Waals surface area contributed by atoms with Crippen LogP contribution in [0.2, 0.25) is 0 Å². The fraction of sp³-hybridized carbons (Fsp3) is 1.00. The maximum Gasteiger partial charge on any atom is 0 e. The van der Waals surface area contributed by atoms with Gasteiger partial charge in [0.25, 0.3) is 0 Å². The van der Waals surface area contributed by atoms with E-state index in [0.29, 0.717) is 6.54 Å². The maximum absolute atomic E-state index is 6.84. The number of hydrogen-bond donors (Lipinski definition) is 0. The van der Waals surface area contributed by atoms with Crippen LogP contribution >= 0.6 is 0 Å². The molecule has 0 rings (SSSR count). The number of rotatable bonds is 5. The van der Waals surface area contributed by atoms with Gasteiger partial charge in [0.2, 0.25) is 0 Å². The Morgan fingerprint density at radius 2 is 1.56 bits per heavy atom. The minimum Gasteiger partial charge on any atom is -0.677 e. The van der Waals surface area contributed by atoms with Crippen LogP contribution in [0, 0.1) is 0 Å². The Hall–Kier alpha value is 0.648. The van der Waals surface area contributed by atoms with Gasteiger partial charge in [-0.15, -0.1) is 0 Å². The molecule has 56 valence electrons. The van der Waals surface area contributed by atoms with E-state index < -0.39 is 0 Å². The third-order valence-corrected chi connectivity index (χ3v) is 1.28. The maximum atomic E-state index is 6.84. The molecule has 0 aromatic rings. The van der Waals surface area contributed by atoms with Crippen molar-refractivity contribution >= 4 is 0 Å². The third kappa shape index (κ3) is 12.0. The second kappa shape index (κ2) is 11.4. The summed E-state index contributed by atoms with van der Waals surface area (Å²) in [6, 6.07) is 0. The number of nitrogens with one attached hydrogen (secondary N) is 1. The van der Waals surface area contributed by atoms with Gasteiger partial charge in [-0.3, -0.25) is 0 Å². The van der Waals surface area contributed by atoms with E-state index in [4.69, 9.17) is 5.73 Å². The first-order chi connectivity index (χ1) is 3.91. The van der Waals surface area contributed by atoms with Gasteiger partial charge >= 0.3 is 0 Å². The molecule has 0 amide bonds. The first kappa shape index (κ1) is 12.3. The minimum absolute atomic E-state index is 0. The van der Waals surface area contributed by atoms with Crippen LogP contribution in [0.15, 0.2) is 0 Å². The molecule has 0 aliphatic rings. The first-order valence-electron chi connectivity index (χ1n) is 3.56. The Kier molecular flexibility index (Phi) is 15.7. The summed E-state index contributed by atoms with van der Waals surface area (Å²) in [6.45, 7) is 2.82. The van der Waals surface area contributed by atoms with Crippen molar-refractivity contribution in [3.8, 4) is 0 Å². The van der Waals surface area contributed by atoms with Gasteiger partial charge in [-0.2, -0.15) is 6.54 Å². The Bertz CT molecular complexity index is 33.9. The second-order valence-corrected chi connectivity index (χ2v) is 2.16. The van der Waals surface area contributed by atoms with Crippen molar-refractivity contribution in [1.29, 1.82) is 0 Å². The summed E-state index contributed by atoms with van der Waals surface area (Å²) in [6.07, 6.45) is 6.34. The molecule has 9 heavy (non-hydrogen) atoms. The zero-order valence-corrected chi connectivity index (χ0v) is 8.16. The Morgan fingerprint density at radius 3 is 2.00 bits per heavy atom. The number of unbranched alkanes of at least 4 members (excludes halogenated alkanes) is 4. The second-order valence-electron chi connectivity index (χ2n) is 2.16. The topological polar surface area (TPSA) is 23.8 Å². The van der Waals surface area contributed by atoms with E-state index in [2.05, 4.69) is 6.92 Å². The minimum atomic E-state index is 0. The Morgan fingerprint density at radius 1 is 1.00 bits per heavy atom. The quantitative estimate of drug-likeness (QED) is 0.492. The Labute approximate surface area is 72.7 Å². The molecule has 1 nitrogen and oxygen atoms in total. The predicted molar refractivity (Wildman–Crippen MR) is 37.9 cm³/mol. The third-order valence-electron chi connectivity index (χ3n) is 1.28. The zero-order valence-electron chi connectivity index (χ0n) is 6.15. The van der Waals surface area contributed by atoms with Gasteiger partial charge in [0.05, 0.1) is 0 Å². The van der Waals surface area contributed by atoms with Gasteiger partial charge in [0, 0.05) is 21.1 Å². The summed E-state index contributed by atoms with van der Waals surface area (Å²) >= 11 is 0. The molecule has 0 aromatic heterocycles. The molecule has 0 saturated carbocycles. The van der Waals surface area contributed by atoms with E-state index in [1.807, 2.05) is 0 Å². The van der Waals surface area contributed by atoms with Crippen LogP contribution in [0.1, 0.15) is 39.0 Å². The van der Waals surface area contributed by atoms with E-state index in [9.17, 15) is 0 Å². The first-order valence-corrected chi connectivity index (χ1v) is 3.56. The van der Waals surface area contributed by atoms with Crippen LogP contribution in [0.5, 0.6) is 0 Å². The molecule has 0 fully saturated rings. The monoisotopic (exact) mass is 212 g/mol. The number of hydrogen-bond acceptors (Lipinski definition) is 0. The van der Waals surface area contributed by atoms with Crippen LogP contribution < -0.4 is 0 Å². The fourth-order valence-corrected chi connectivity index (χ4v) is 0.729. The van der Waals surface area contributed by atoms with Gasteiger partial charge in [-0.05, 0) is 0 Å². The van der Waals surface area contributed by atoms with E-state index in [0.717, 1.165) is 6.42 Å². The van der Waals surface area contributed by atoms with E-state index in [1.165, 1.54) is 25.7 Å². The molecule has 2 heteroatoms. The Balaban J connectivity index is 0. The molecule has 0 radical (unpaired) electrons. The molecule has 1 N–H and O–H groups in total. The molecule has 0 aliphatic carbocycles. The normalized spacial score (nSPS) is 8.67. The van der Waals surface area contributed by atoms with Gasteiger partial charge < -0.3 is 5.73 Å². The van der Waals surface area contributed by atoms with Gasteiger partial charge in [0.15, 0.2) is 0 Å². The smallest absolute Gasteiger partial charge is 0 e. The van der Waals surface area contributed by atoms with Crippen LogP contribution in [0.4, 0.5) is 0 Å². The molecule has 0 spiro atoms. The fourth-order valence-electron chi connectivity index (χ4n) is 0.729. The van der Waals surface area contributed by atoms with Crippen molar-refractivity contribution < 1.29 is 21.1 Å². The van der Waals surface area contributed by atoms with Crippen molar-refractivity contribution in [1.82, 2.24) is 0 Å². The van der Waals surface area contributed by atoms with Crippen LogP contribution in [-0.4, -0.2) is 6.54 Å². The average Bonchev–Trinajstić information content (AvgIpc) is 1.81. The van der Waals surface area contributed by atoms with Gasteiger partial charge in [-0.25, -0.2) is 0 Å². The van der Waals surface area contributed by atoms with E-state index in [-0.39, 0.29) is 21.1 Å². The summed E-state index contributed by atoms with van der Waals surface area (Å²) in [5, 5.41) is 0. The van der Waals surface area contributed by atoms with Crippen molar-refractivity contribution in [3.63, 3.8) is 0 Å². The van der Waals surface area contributed by atoms with Gasteiger partial charge in [-0.1, -0.05) is 39.0 Å². The van der Waals surface area contributed by atoms with Crippen LogP contribution in [-0.2, 0) is 21.1 Å². The molecule has 0 aliphatic heterocycles. The molecule has 0 atom stereocenters. The molecule has 0 aromatic carbocycles. The molecule has 0 bridgehead atoms. The zero-order chi connectivity index (χ0) is 6.24. The SMILES string of the molecule is CCCCCCC[NH-].[Mo]. The summed E-state index contributed by atoms with van der Waals surface area (Å²) in [7, 11) is 0.